The van der Waals surface area contributed by atoms with Crippen LogP contribution < -0.4 is 4.46 Å². The molecule has 0 bridgehead atoms. The maximum atomic E-state index is 9.92. The first-order valence-corrected chi connectivity index (χ1v) is 7.73. The van der Waals surface area contributed by atoms with Crippen LogP contribution in [0.25, 0.3) is 10.8 Å². The number of unbranched alkanes of at least 4 members (excludes halogenated alkanes) is 1. The van der Waals surface area contributed by atoms with Crippen molar-refractivity contribution in [3.05, 3.63) is 36.4 Å². The van der Waals surface area contributed by atoms with Crippen molar-refractivity contribution < 1.29 is 5.11 Å². The average molecular weight is 279 g/mol. The molecule has 16 heavy (non-hydrogen) atoms. The van der Waals surface area contributed by atoms with E-state index in [1.807, 2.05) is 24.3 Å². The topological polar surface area (TPSA) is 20.2 Å². The van der Waals surface area contributed by atoms with E-state index in [2.05, 4.69) is 19.1 Å². The van der Waals surface area contributed by atoms with E-state index in [1.54, 1.807) is 0 Å². The first kappa shape index (κ1) is 11.5. The van der Waals surface area contributed by atoms with Gasteiger partial charge in [0.15, 0.2) is 0 Å². The Balaban J connectivity index is 2.37. The molecule has 0 radical (unpaired) electrons. The Morgan fingerprint density at radius 3 is 2.75 bits per heavy atom. The van der Waals surface area contributed by atoms with Crippen LogP contribution >= 0.6 is 0 Å². The van der Waals surface area contributed by atoms with Gasteiger partial charge in [-0.2, -0.15) is 0 Å². The molecule has 2 aromatic rings. The SMILES string of the molecule is CCCC[Se]c1c(O)ccc2ccccc12. The third-order valence-electron chi connectivity index (χ3n) is 2.60. The molecule has 0 aromatic heterocycles. The van der Waals surface area contributed by atoms with Crippen LogP contribution in [0.4, 0.5) is 0 Å². The third-order valence-corrected chi connectivity index (χ3v) is 5.14. The van der Waals surface area contributed by atoms with Gasteiger partial charge in [-0.05, 0) is 0 Å². The van der Waals surface area contributed by atoms with Gasteiger partial charge in [0.2, 0.25) is 0 Å². The second-order valence-electron chi connectivity index (χ2n) is 3.84. The minimum atomic E-state index is 0.390. The second-order valence-corrected chi connectivity index (χ2v) is 6.16. The van der Waals surface area contributed by atoms with Crippen LogP contribution in [0.1, 0.15) is 19.8 Å². The first-order valence-electron chi connectivity index (χ1n) is 5.66. The molecule has 84 valence electrons. The van der Waals surface area contributed by atoms with Crippen molar-refractivity contribution in [2.75, 3.05) is 0 Å². The molecule has 0 spiro atoms. The van der Waals surface area contributed by atoms with Crippen molar-refractivity contribution in [2.24, 2.45) is 0 Å². The molecule has 2 heteroatoms. The number of phenolic OH excluding ortho intramolecular Hbond substituents is 1. The van der Waals surface area contributed by atoms with Crippen molar-refractivity contribution in [2.45, 2.75) is 25.1 Å². The molecule has 2 rings (SSSR count). The molecule has 0 saturated heterocycles. The van der Waals surface area contributed by atoms with Crippen LogP contribution in [0.3, 0.4) is 0 Å². The standard InChI is InChI=1S/C14H16OSe/c1-2-3-10-16-14-12-7-5-4-6-11(12)8-9-13(14)15/h4-9,15H,2-3,10H2,1H3. The Morgan fingerprint density at radius 1 is 1.12 bits per heavy atom. The molecule has 0 heterocycles. The fraction of sp³-hybridized carbons (Fsp3) is 0.286. The van der Waals surface area contributed by atoms with E-state index in [-0.39, 0.29) is 0 Å². The minimum absolute atomic E-state index is 0.390. The normalized spacial score (nSPS) is 10.8. The van der Waals surface area contributed by atoms with Gasteiger partial charge in [-0.15, -0.1) is 0 Å². The molecule has 0 unspecified atom stereocenters. The van der Waals surface area contributed by atoms with Crippen LogP contribution in [0.15, 0.2) is 36.4 Å². The molecule has 0 fully saturated rings. The molecule has 1 N–H and O–H groups in total. The summed E-state index contributed by atoms with van der Waals surface area (Å²) in [5.74, 6) is 0.467. The van der Waals surface area contributed by atoms with Crippen molar-refractivity contribution >= 4 is 30.2 Å². The van der Waals surface area contributed by atoms with Crippen LogP contribution in [0.5, 0.6) is 5.75 Å². The number of aromatic hydroxyl groups is 1. The van der Waals surface area contributed by atoms with Gasteiger partial charge in [-0.1, -0.05) is 0 Å². The first-order chi connectivity index (χ1) is 7.83. The Kier molecular flexibility index (Phi) is 3.87. The summed E-state index contributed by atoms with van der Waals surface area (Å²) in [5.41, 5.74) is 0. The molecule has 0 aliphatic heterocycles. The molecular formula is C14H16OSe. The zero-order valence-corrected chi connectivity index (χ0v) is 11.2. The third kappa shape index (κ3) is 2.40. The maximum absolute atomic E-state index is 9.92. The zero-order valence-electron chi connectivity index (χ0n) is 9.44. The van der Waals surface area contributed by atoms with Gasteiger partial charge in [-0.3, -0.25) is 0 Å². The van der Waals surface area contributed by atoms with E-state index < -0.39 is 0 Å². The summed E-state index contributed by atoms with van der Waals surface area (Å²) in [5, 5.41) is 13.6. The van der Waals surface area contributed by atoms with Gasteiger partial charge in [0.05, 0.1) is 0 Å². The van der Waals surface area contributed by atoms with Crippen molar-refractivity contribution in [3.8, 4) is 5.75 Å². The van der Waals surface area contributed by atoms with E-state index in [4.69, 9.17) is 0 Å². The van der Waals surface area contributed by atoms with Crippen molar-refractivity contribution in [1.82, 2.24) is 0 Å². The van der Waals surface area contributed by atoms with E-state index in [1.165, 1.54) is 33.4 Å². The van der Waals surface area contributed by atoms with E-state index in [0.717, 1.165) is 0 Å². The van der Waals surface area contributed by atoms with E-state index in [9.17, 15) is 5.11 Å². The van der Waals surface area contributed by atoms with E-state index >= 15 is 0 Å². The second kappa shape index (κ2) is 5.38. The number of rotatable bonds is 4. The summed E-state index contributed by atoms with van der Waals surface area (Å²) < 4.78 is 1.17. The molecule has 0 aliphatic carbocycles. The average Bonchev–Trinajstić information content (AvgIpc) is 2.32. The van der Waals surface area contributed by atoms with Crippen LogP contribution in [0, 0.1) is 0 Å². The van der Waals surface area contributed by atoms with Gasteiger partial charge in [0.25, 0.3) is 0 Å². The van der Waals surface area contributed by atoms with Crippen LogP contribution in [-0.2, 0) is 0 Å². The Morgan fingerprint density at radius 2 is 1.94 bits per heavy atom. The number of benzene rings is 2. The number of hydrogen-bond acceptors (Lipinski definition) is 1. The van der Waals surface area contributed by atoms with Gasteiger partial charge in [0, 0.05) is 0 Å². The van der Waals surface area contributed by atoms with Gasteiger partial charge in [-0.25, -0.2) is 0 Å². The van der Waals surface area contributed by atoms with Crippen LogP contribution in [0.2, 0.25) is 5.32 Å². The summed E-state index contributed by atoms with van der Waals surface area (Å²) in [6.45, 7) is 2.21. The molecule has 0 aliphatic rings. The Labute approximate surface area is 103 Å². The fourth-order valence-corrected chi connectivity index (χ4v) is 4.21. The summed E-state index contributed by atoms with van der Waals surface area (Å²) in [6, 6.07) is 12.1. The summed E-state index contributed by atoms with van der Waals surface area (Å²) in [4.78, 5) is 0. The van der Waals surface area contributed by atoms with Gasteiger partial charge in [0.1, 0.15) is 0 Å². The number of hydrogen-bond donors (Lipinski definition) is 1. The summed E-state index contributed by atoms with van der Waals surface area (Å²) in [6.07, 6.45) is 2.48. The van der Waals surface area contributed by atoms with E-state index in [0.29, 0.717) is 20.7 Å². The quantitative estimate of drug-likeness (QED) is 0.673. The molecule has 1 nitrogen and oxygen atoms in total. The predicted molar refractivity (Wildman–Crippen MR) is 70.7 cm³/mol. The summed E-state index contributed by atoms with van der Waals surface area (Å²) >= 11 is 0.390. The molecule has 0 atom stereocenters. The molecule has 2 aromatic carbocycles. The molecular weight excluding hydrogens is 263 g/mol. The Bertz CT molecular complexity index is 479. The van der Waals surface area contributed by atoms with Gasteiger partial charge < -0.3 is 0 Å². The molecule has 0 saturated carbocycles. The Hall–Kier alpha value is -0.981. The fourth-order valence-electron chi connectivity index (χ4n) is 1.70. The van der Waals surface area contributed by atoms with Gasteiger partial charge >= 0.3 is 103 Å². The van der Waals surface area contributed by atoms with Crippen molar-refractivity contribution in [1.29, 1.82) is 0 Å². The van der Waals surface area contributed by atoms with Crippen molar-refractivity contribution in [3.63, 3.8) is 0 Å². The number of fused-ring (bicyclic) bond motifs is 1. The monoisotopic (exact) mass is 280 g/mol. The zero-order chi connectivity index (χ0) is 11.4. The summed E-state index contributed by atoms with van der Waals surface area (Å²) in [7, 11) is 0. The predicted octanol–water partition coefficient (Wildman–Crippen LogP) is 3.09. The van der Waals surface area contributed by atoms with Crippen LogP contribution in [-0.4, -0.2) is 20.1 Å². The number of phenols is 1. The molecule has 0 amide bonds.